The molecule has 0 saturated carbocycles. The summed E-state index contributed by atoms with van der Waals surface area (Å²) in [6.45, 7) is 2.13. The maximum atomic E-state index is 11.8. The highest BCUT2D eigenvalue weighted by molar-refractivity contribution is 5.92. The first-order chi connectivity index (χ1) is 13.7. The van der Waals surface area contributed by atoms with Crippen LogP contribution in [0.1, 0.15) is 22.8 Å². The van der Waals surface area contributed by atoms with Crippen LogP contribution in [0.15, 0.2) is 60.7 Å². The Balaban J connectivity index is 1.65. The van der Waals surface area contributed by atoms with Gasteiger partial charge >= 0.3 is 5.97 Å². The van der Waals surface area contributed by atoms with E-state index in [2.05, 4.69) is 21.3 Å². The van der Waals surface area contributed by atoms with Crippen molar-refractivity contribution in [2.75, 3.05) is 6.61 Å². The zero-order chi connectivity index (χ0) is 19.5. The molecule has 136 valence electrons. The minimum absolute atomic E-state index is 0.336. The molecule has 4 aromatic rings. The van der Waals surface area contributed by atoms with Gasteiger partial charge in [-0.15, -0.1) is 0 Å². The smallest absolute Gasteiger partial charge is 0.338 e. The molecule has 1 N–H and O–H groups in total. The number of carbonyl (C=O) groups excluding carboxylic acids is 1. The Hall–Kier alpha value is -3.98. The lowest BCUT2D eigenvalue weighted by Gasteiger charge is -2.04. The molecule has 2 aromatic carbocycles. The van der Waals surface area contributed by atoms with Crippen LogP contribution in [0.5, 0.6) is 0 Å². The van der Waals surface area contributed by atoms with Crippen molar-refractivity contribution in [2.24, 2.45) is 0 Å². The van der Waals surface area contributed by atoms with E-state index in [1.165, 1.54) is 0 Å². The summed E-state index contributed by atoms with van der Waals surface area (Å²) in [5.74, 6) is -0.336. The van der Waals surface area contributed by atoms with Gasteiger partial charge in [0.2, 0.25) is 0 Å². The van der Waals surface area contributed by atoms with Gasteiger partial charge in [0.1, 0.15) is 0 Å². The molecule has 0 atom stereocenters. The first-order valence-corrected chi connectivity index (χ1v) is 8.83. The van der Waals surface area contributed by atoms with Crippen molar-refractivity contribution in [1.29, 1.82) is 5.26 Å². The van der Waals surface area contributed by atoms with Gasteiger partial charge in [0.25, 0.3) is 0 Å². The number of benzene rings is 2. The van der Waals surface area contributed by atoms with Gasteiger partial charge in [0.15, 0.2) is 5.65 Å². The third-order valence-electron chi connectivity index (χ3n) is 4.41. The third-order valence-corrected chi connectivity index (χ3v) is 4.41. The zero-order valence-electron chi connectivity index (χ0n) is 15.1. The lowest BCUT2D eigenvalue weighted by molar-refractivity contribution is 0.0526. The Morgan fingerprint density at radius 1 is 1.04 bits per heavy atom. The van der Waals surface area contributed by atoms with E-state index in [4.69, 9.17) is 10.00 Å². The minimum Gasteiger partial charge on any atom is -0.462 e. The van der Waals surface area contributed by atoms with E-state index in [1.807, 2.05) is 36.4 Å². The highest BCUT2D eigenvalue weighted by atomic mass is 16.5. The lowest BCUT2D eigenvalue weighted by Crippen LogP contribution is -2.04. The predicted octanol–water partition coefficient (Wildman–Crippen LogP) is 4.34. The second kappa shape index (κ2) is 7.33. The Bertz CT molecular complexity index is 1190. The SMILES string of the molecule is CCOC(=O)c1ccc(-c2ccc3c(-c4ccc(C#N)cc4)[nH]nc3n2)cc1. The van der Waals surface area contributed by atoms with Crippen LogP contribution in [-0.2, 0) is 4.74 Å². The zero-order valence-corrected chi connectivity index (χ0v) is 15.1. The Kier molecular flexibility index (Phi) is 4.56. The normalized spacial score (nSPS) is 10.6. The number of rotatable bonds is 4. The van der Waals surface area contributed by atoms with Gasteiger partial charge < -0.3 is 4.74 Å². The molecule has 0 aliphatic rings. The first-order valence-electron chi connectivity index (χ1n) is 8.83. The topological polar surface area (TPSA) is 91.7 Å². The van der Waals surface area contributed by atoms with E-state index in [0.717, 1.165) is 27.9 Å². The molecular formula is C22H16N4O2. The van der Waals surface area contributed by atoms with Crippen molar-refractivity contribution in [1.82, 2.24) is 15.2 Å². The second-order valence-corrected chi connectivity index (χ2v) is 6.15. The number of nitrogens with zero attached hydrogens (tertiary/aromatic N) is 3. The number of fused-ring (bicyclic) bond motifs is 1. The molecule has 0 saturated heterocycles. The molecule has 0 radical (unpaired) electrons. The molecule has 28 heavy (non-hydrogen) atoms. The number of hydrogen-bond donors (Lipinski definition) is 1. The molecule has 0 spiro atoms. The second-order valence-electron chi connectivity index (χ2n) is 6.15. The molecule has 0 aliphatic carbocycles. The molecule has 4 rings (SSSR count). The van der Waals surface area contributed by atoms with Crippen molar-refractivity contribution in [3.05, 3.63) is 71.8 Å². The summed E-state index contributed by atoms with van der Waals surface area (Å²) in [5, 5.41) is 17.2. The van der Waals surface area contributed by atoms with Crippen molar-refractivity contribution < 1.29 is 9.53 Å². The average molecular weight is 368 g/mol. The highest BCUT2D eigenvalue weighted by Gasteiger charge is 2.11. The van der Waals surface area contributed by atoms with Crippen LogP contribution in [0.3, 0.4) is 0 Å². The Morgan fingerprint density at radius 2 is 1.75 bits per heavy atom. The summed E-state index contributed by atoms with van der Waals surface area (Å²) < 4.78 is 5.00. The molecule has 0 aliphatic heterocycles. The van der Waals surface area contributed by atoms with Crippen molar-refractivity contribution in [2.45, 2.75) is 6.92 Å². The van der Waals surface area contributed by atoms with E-state index >= 15 is 0 Å². The number of aromatic nitrogens is 3. The van der Waals surface area contributed by atoms with Crippen LogP contribution < -0.4 is 0 Å². The van der Waals surface area contributed by atoms with Gasteiger partial charge in [0.05, 0.1) is 35.2 Å². The number of aromatic amines is 1. The summed E-state index contributed by atoms with van der Waals surface area (Å²) in [7, 11) is 0. The number of nitriles is 1. The van der Waals surface area contributed by atoms with Gasteiger partial charge in [-0.25, -0.2) is 9.78 Å². The molecule has 0 amide bonds. The number of esters is 1. The number of H-pyrrole nitrogens is 1. The van der Waals surface area contributed by atoms with Crippen LogP contribution in [0.25, 0.3) is 33.5 Å². The predicted molar refractivity (Wildman–Crippen MR) is 105 cm³/mol. The summed E-state index contributed by atoms with van der Waals surface area (Å²) in [5.41, 5.74) is 5.17. The van der Waals surface area contributed by atoms with Crippen LogP contribution in [0, 0.1) is 11.3 Å². The van der Waals surface area contributed by atoms with Gasteiger partial charge in [0, 0.05) is 16.5 Å². The van der Waals surface area contributed by atoms with Gasteiger partial charge in [-0.05, 0) is 43.3 Å². The molecule has 0 unspecified atom stereocenters. The maximum absolute atomic E-state index is 11.8. The summed E-state index contributed by atoms with van der Waals surface area (Å²) in [6, 6.07) is 20.5. The van der Waals surface area contributed by atoms with E-state index in [-0.39, 0.29) is 5.97 Å². The van der Waals surface area contributed by atoms with Crippen LogP contribution in [-0.4, -0.2) is 27.8 Å². The summed E-state index contributed by atoms with van der Waals surface area (Å²) in [6.07, 6.45) is 0. The summed E-state index contributed by atoms with van der Waals surface area (Å²) >= 11 is 0. The number of hydrogen-bond acceptors (Lipinski definition) is 5. The minimum atomic E-state index is -0.336. The molecule has 0 bridgehead atoms. The van der Waals surface area contributed by atoms with E-state index in [1.54, 1.807) is 31.2 Å². The van der Waals surface area contributed by atoms with Crippen molar-refractivity contribution in [3.63, 3.8) is 0 Å². The van der Waals surface area contributed by atoms with E-state index in [0.29, 0.717) is 23.4 Å². The summed E-state index contributed by atoms with van der Waals surface area (Å²) in [4.78, 5) is 16.4. The number of pyridine rings is 1. The van der Waals surface area contributed by atoms with Gasteiger partial charge in [-0.2, -0.15) is 10.4 Å². The maximum Gasteiger partial charge on any atom is 0.338 e. The van der Waals surface area contributed by atoms with Gasteiger partial charge in [-0.1, -0.05) is 24.3 Å². The van der Waals surface area contributed by atoms with Crippen LogP contribution in [0.4, 0.5) is 0 Å². The molecule has 0 fully saturated rings. The fourth-order valence-electron chi connectivity index (χ4n) is 2.98. The monoisotopic (exact) mass is 368 g/mol. The Morgan fingerprint density at radius 3 is 2.43 bits per heavy atom. The number of carbonyl (C=O) groups is 1. The third kappa shape index (κ3) is 3.21. The standard InChI is InChI=1S/C22H16N4O2/c1-2-28-22(27)17-9-7-15(8-10-17)19-12-11-18-20(25-26-21(18)24-19)16-5-3-14(13-23)4-6-16/h3-12H,2H2,1H3,(H,24,25,26). The molecule has 2 heterocycles. The fourth-order valence-corrected chi connectivity index (χ4v) is 2.98. The fraction of sp³-hybridized carbons (Fsp3) is 0.0909. The van der Waals surface area contributed by atoms with E-state index < -0.39 is 0 Å². The number of ether oxygens (including phenoxy) is 1. The van der Waals surface area contributed by atoms with Crippen molar-refractivity contribution in [3.8, 4) is 28.6 Å². The largest absolute Gasteiger partial charge is 0.462 e. The molecule has 6 heteroatoms. The lowest BCUT2D eigenvalue weighted by atomic mass is 10.1. The highest BCUT2D eigenvalue weighted by Crippen LogP contribution is 2.28. The quantitative estimate of drug-likeness (QED) is 0.541. The van der Waals surface area contributed by atoms with Gasteiger partial charge in [-0.3, -0.25) is 5.10 Å². The molecule has 6 nitrogen and oxygen atoms in total. The van der Waals surface area contributed by atoms with Crippen molar-refractivity contribution >= 4 is 17.0 Å². The van der Waals surface area contributed by atoms with Crippen LogP contribution >= 0.6 is 0 Å². The Labute approximate surface area is 161 Å². The van der Waals surface area contributed by atoms with Crippen LogP contribution in [0.2, 0.25) is 0 Å². The van der Waals surface area contributed by atoms with E-state index in [9.17, 15) is 4.79 Å². The molecular weight excluding hydrogens is 352 g/mol. The first kappa shape index (κ1) is 17.4. The number of nitrogens with one attached hydrogen (secondary N) is 1. The molecule has 2 aromatic heterocycles. The average Bonchev–Trinajstić information content (AvgIpc) is 3.17.